The topological polar surface area (TPSA) is 84.9 Å². The molecule has 2 aromatic carbocycles. The van der Waals surface area contributed by atoms with E-state index in [2.05, 4.69) is 30.6 Å². The van der Waals surface area contributed by atoms with Crippen LogP contribution in [0.4, 0.5) is 24.1 Å². The van der Waals surface area contributed by atoms with Gasteiger partial charge >= 0.3 is 6.18 Å². The van der Waals surface area contributed by atoms with Crippen molar-refractivity contribution >= 4 is 32.5 Å². The number of ether oxygens (including phenoxy) is 1. The molecule has 0 spiro atoms. The van der Waals surface area contributed by atoms with Crippen LogP contribution in [0.25, 0.3) is 21.5 Å². The number of rotatable bonds is 8. The van der Waals surface area contributed by atoms with E-state index >= 15 is 0 Å². The summed E-state index contributed by atoms with van der Waals surface area (Å²) in [6.07, 6.45) is 0.151. The Balaban J connectivity index is 1.29. The van der Waals surface area contributed by atoms with Crippen molar-refractivity contribution in [2.45, 2.75) is 19.3 Å². The van der Waals surface area contributed by atoms with Crippen LogP contribution in [-0.2, 0) is 19.3 Å². The van der Waals surface area contributed by atoms with Crippen LogP contribution < -0.4 is 15.4 Å². The van der Waals surface area contributed by atoms with Crippen molar-refractivity contribution in [3.63, 3.8) is 0 Å². The van der Waals surface area contributed by atoms with Crippen molar-refractivity contribution in [1.29, 1.82) is 0 Å². The lowest BCUT2D eigenvalue weighted by atomic mass is 10.2. The molecule has 0 fully saturated rings. The molecule has 0 aliphatic carbocycles. The number of pyridine rings is 1. The molecule has 37 heavy (non-hydrogen) atoms. The third-order valence-corrected chi connectivity index (χ3v) is 6.44. The number of hydrogen-bond acceptors (Lipinski definition) is 8. The summed E-state index contributed by atoms with van der Waals surface area (Å²) in [6.45, 7) is 0.787. The van der Waals surface area contributed by atoms with Gasteiger partial charge in [-0.2, -0.15) is 13.2 Å². The number of benzene rings is 2. The number of halogens is 3. The summed E-state index contributed by atoms with van der Waals surface area (Å²) >= 11 is 1.43. The van der Waals surface area contributed by atoms with Crippen molar-refractivity contribution in [3.05, 3.63) is 90.0 Å². The van der Waals surface area contributed by atoms with Gasteiger partial charge in [0.05, 0.1) is 29.9 Å². The molecule has 5 rings (SSSR count). The Labute approximate surface area is 214 Å². The van der Waals surface area contributed by atoms with Gasteiger partial charge in [0.15, 0.2) is 5.13 Å². The van der Waals surface area contributed by atoms with Gasteiger partial charge in [-0.05, 0) is 29.3 Å². The number of alkyl halides is 3. The number of anilines is 2. The van der Waals surface area contributed by atoms with E-state index in [1.807, 2.05) is 42.5 Å². The smallest absolute Gasteiger partial charge is 0.433 e. The van der Waals surface area contributed by atoms with Gasteiger partial charge in [-0.15, -0.1) is 0 Å². The van der Waals surface area contributed by atoms with Crippen LogP contribution in [0.2, 0.25) is 0 Å². The molecule has 0 aliphatic rings. The molecule has 0 saturated heterocycles. The van der Waals surface area contributed by atoms with Crippen LogP contribution in [0.5, 0.6) is 5.75 Å². The largest absolute Gasteiger partial charge is 0.494 e. The maximum absolute atomic E-state index is 12.7. The number of nitrogens with one attached hydrogen (secondary N) is 2. The molecule has 0 radical (unpaired) electrons. The average molecular weight is 523 g/mol. The second-order valence-corrected chi connectivity index (χ2v) is 9.11. The van der Waals surface area contributed by atoms with Gasteiger partial charge in [-0.25, -0.2) is 9.97 Å². The first-order valence-corrected chi connectivity index (χ1v) is 12.1. The third-order valence-electron chi connectivity index (χ3n) is 5.48. The SMILES string of the molecule is COc1cc(CNc2cncc(-c3ccccc3)n2)cc2sc(NCc3ccc(C(F)(F)F)nc3)nc12. The minimum absolute atomic E-state index is 0.290. The highest BCUT2D eigenvalue weighted by molar-refractivity contribution is 7.22. The van der Waals surface area contributed by atoms with Crippen molar-refractivity contribution in [1.82, 2.24) is 19.9 Å². The fourth-order valence-electron chi connectivity index (χ4n) is 3.65. The molecule has 0 saturated carbocycles. The number of methoxy groups -OCH3 is 1. The first-order valence-electron chi connectivity index (χ1n) is 11.2. The highest BCUT2D eigenvalue weighted by Gasteiger charge is 2.32. The summed E-state index contributed by atoms with van der Waals surface area (Å²) in [5.74, 6) is 1.27. The quantitative estimate of drug-likeness (QED) is 0.244. The molecule has 188 valence electrons. The summed E-state index contributed by atoms with van der Waals surface area (Å²) < 4.78 is 44.6. The van der Waals surface area contributed by atoms with Gasteiger partial charge in [-0.1, -0.05) is 47.7 Å². The van der Waals surface area contributed by atoms with E-state index in [9.17, 15) is 13.2 Å². The summed E-state index contributed by atoms with van der Waals surface area (Å²) in [5.41, 5.74) is 3.13. The minimum atomic E-state index is -4.46. The minimum Gasteiger partial charge on any atom is -0.494 e. The van der Waals surface area contributed by atoms with Crippen LogP contribution in [-0.4, -0.2) is 27.0 Å². The second-order valence-electron chi connectivity index (χ2n) is 8.08. The van der Waals surface area contributed by atoms with E-state index in [0.29, 0.717) is 34.3 Å². The molecule has 0 aliphatic heterocycles. The van der Waals surface area contributed by atoms with E-state index < -0.39 is 11.9 Å². The van der Waals surface area contributed by atoms with E-state index in [4.69, 9.17) is 4.74 Å². The zero-order valence-corrected chi connectivity index (χ0v) is 20.4. The third kappa shape index (κ3) is 5.78. The lowest BCUT2D eigenvalue weighted by Crippen LogP contribution is -2.08. The van der Waals surface area contributed by atoms with E-state index in [1.54, 1.807) is 19.5 Å². The first kappa shape index (κ1) is 24.4. The van der Waals surface area contributed by atoms with Crippen molar-refractivity contribution in [2.24, 2.45) is 0 Å². The van der Waals surface area contributed by atoms with Gasteiger partial charge in [0, 0.05) is 24.8 Å². The number of nitrogens with zero attached hydrogens (tertiary/aromatic N) is 4. The van der Waals surface area contributed by atoms with Crippen LogP contribution in [0.15, 0.2) is 73.2 Å². The number of thiazole rings is 1. The Morgan fingerprint density at radius 2 is 1.70 bits per heavy atom. The monoisotopic (exact) mass is 522 g/mol. The molecular formula is C26H21F3N6OS. The lowest BCUT2D eigenvalue weighted by molar-refractivity contribution is -0.141. The zero-order valence-electron chi connectivity index (χ0n) is 19.6. The van der Waals surface area contributed by atoms with E-state index in [0.717, 1.165) is 27.6 Å². The Morgan fingerprint density at radius 3 is 2.43 bits per heavy atom. The van der Waals surface area contributed by atoms with Crippen LogP contribution in [0.1, 0.15) is 16.8 Å². The van der Waals surface area contributed by atoms with Crippen molar-refractivity contribution in [2.75, 3.05) is 17.7 Å². The fourth-order valence-corrected chi connectivity index (χ4v) is 4.60. The molecule has 3 aromatic heterocycles. The predicted octanol–water partition coefficient (Wildman–Crippen LogP) is 6.40. The van der Waals surface area contributed by atoms with Gasteiger partial charge in [-0.3, -0.25) is 9.97 Å². The normalized spacial score (nSPS) is 11.5. The maximum Gasteiger partial charge on any atom is 0.433 e. The van der Waals surface area contributed by atoms with Gasteiger partial charge in [0.25, 0.3) is 0 Å². The predicted molar refractivity (Wildman–Crippen MR) is 138 cm³/mol. The van der Waals surface area contributed by atoms with Gasteiger partial charge in [0.2, 0.25) is 0 Å². The summed E-state index contributed by atoms with van der Waals surface area (Å²) in [7, 11) is 1.58. The van der Waals surface area contributed by atoms with Crippen LogP contribution in [0, 0.1) is 0 Å². The van der Waals surface area contributed by atoms with Gasteiger partial charge < -0.3 is 15.4 Å². The Morgan fingerprint density at radius 1 is 0.892 bits per heavy atom. The number of fused-ring (bicyclic) bond motifs is 1. The average Bonchev–Trinajstić information content (AvgIpc) is 3.34. The number of aromatic nitrogens is 4. The second kappa shape index (κ2) is 10.4. The van der Waals surface area contributed by atoms with Gasteiger partial charge in [0.1, 0.15) is 22.8 Å². The Hall–Kier alpha value is -4.25. The molecule has 0 unspecified atom stereocenters. The Kier molecular flexibility index (Phi) is 6.87. The summed E-state index contributed by atoms with van der Waals surface area (Å²) in [6, 6.07) is 16.1. The molecule has 5 aromatic rings. The molecule has 0 bridgehead atoms. The molecule has 11 heteroatoms. The molecular weight excluding hydrogens is 501 g/mol. The van der Waals surface area contributed by atoms with E-state index in [1.165, 1.54) is 23.6 Å². The highest BCUT2D eigenvalue weighted by atomic mass is 32.1. The molecule has 3 heterocycles. The van der Waals surface area contributed by atoms with Crippen LogP contribution in [0.3, 0.4) is 0 Å². The highest BCUT2D eigenvalue weighted by Crippen LogP contribution is 2.34. The summed E-state index contributed by atoms with van der Waals surface area (Å²) in [4.78, 5) is 17.0. The maximum atomic E-state index is 12.7. The fraction of sp³-hybridized carbons (Fsp3) is 0.154. The standard InChI is InChI=1S/C26H21F3N6OS/c1-36-20-9-17(13-32-23-15-30-14-19(34-23)18-5-3-2-4-6-18)10-21-24(20)35-25(37-21)33-12-16-7-8-22(31-11-16)26(27,28)29/h2-11,14-15H,12-13H2,1H3,(H,32,34)(H,33,35). The van der Waals surface area contributed by atoms with Crippen LogP contribution >= 0.6 is 11.3 Å². The molecule has 7 nitrogen and oxygen atoms in total. The lowest BCUT2D eigenvalue weighted by Gasteiger charge is -2.09. The zero-order chi connectivity index (χ0) is 25.8. The molecule has 0 amide bonds. The first-order chi connectivity index (χ1) is 17.9. The molecule has 0 atom stereocenters. The number of hydrogen-bond donors (Lipinski definition) is 2. The summed E-state index contributed by atoms with van der Waals surface area (Å²) in [5, 5.41) is 7.09. The van der Waals surface area contributed by atoms with Crippen molar-refractivity contribution < 1.29 is 17.9 Å². The molecule has 2 N–H and O–H groups in total. The van der Waals surface area contributed by atoms with E-state index in [-0.39, 0.29) is 6.54 Å². The Bertz CT molecular complexity index is 1510. The van der Waals surface area contributed by atoms with Crippen molar-refractivity contribution in [3.8, 4) is 17.0 Å².